The summed E-state index contributed by atoms with van der Waals surface area (Å²) < 4.78 is 21.9. The van der Waals surface area contributed by atoms with Crippen LogP contribution >= 0.6 is 0 Å². The third kappa shape index (κ3) is 4.90. The van der Waals surface area contributed by atoms with E-state index in [0.717, 1.165) is 0 Å². The molecule has 2 aromatic rings. The van der Waals surface area contributed by atoms with Gasteiger partial charge in [0.05, 0.1) is 33.0 Å². The Morgan fingerprint density at radius 3 is 2.21 bits per heavy atom. The fraction of sp³-hybridized carbons (Fsp3) is 0.538. The molecule has 0 aromatic heterocycles. The quantitative estimate of drug-likeness (QED) is 0.196. The Morgan fingerprint density at radius 1 is 0.895 bits per heavy atom. The highest BCUT2D eigenvalue weighted by molar-refractivity contribution is 5.54. The van der Waals surface area contributed by atoms with Gasteiger partial charge in [0.15, 0.2) is 23.0 Å². The summed E-state index contributed by atoms with van der Waals surface area (Å²) in [5.74, 6) is -1.13. The molecule has 38 heavy (non-hydrogen) atoms. The van der Waals surface area contributed by atoms with Crippen LogP contribution in [0, 0.1) is 5.92 Å². The number of ether oxygens (including phenoxy) is 4. The van der Waals surface area contributed by atoms with Gasteiger partial charge < -0.3 is 59.8 Å². The van der Waals surface area contributed by atoms with Gasteiger partial charge in [-0.25, -0.2) is 0 Å². The summed E-state index contributed by atoms with van der Waals surface area (Å²) >= 11 is 0. The Hall–Kier alpha value is -2.68. The molecule has 1 aliphatic heterocycles. The van der Waals surface area contributed by atoms with Gasteiger partial charge in [0.2, 0.25) is 6.29 Å². The van der Waals surface area contributed by atoms with E-state index in [1.54, 1.807) is 18.2 Å². The van der Waals surface area contributed by atoms with Crippen LogP contribution in [0.25, 0.3) is 0 Å². The summed E-state index contributed by atoms with van der Waals surface area (Å²) in [5.41, 5.74) is 0.117. The van der Waals surface area contributed by atoms with Gasteiger partial charge in [-0.15, -0.1) is 0 Å². The number of hydrogen-bond acceptors (Lipinski definition) is 12. The van der Waals surface area contributed by atoms with Crippen molar-refractivity contribution < 1.29 is 59.8 Å². The minimum absolute atomic E-state index is 0.00640. The second-order valence-electron chi connectivity index (χ2n) is 9.65. The fourth-order valence-electron chi connectivity index (χ4n) is 5.35. The van der Waals surface area contributed by atoms with E-state index in [4.69, 9.17) is 18.9 Å². The fourth-order valence-corrected chi connectivity index (χ4v) is 5.35. The van der Waals surface area contributed by atoms with E-state index in [0.29, 0.717) is 16.7 Å². The van der Waals surface area contributed by atoms with Crippen LogP contribution in [-0.4, -0.2) is 111 Å². The van der Waals surface area contributed by atoms with Crippen molar-refractivity contribution in [1.82, 2.24) is 0 Å². The normalized spacial score (nSPS) is 32.9. The average Bonchev–Trinajstić information content (AvgIpc) is 2.92. The highest BCUT2D eigenvalue weighted by Crippen LogP contribution is 2.49. The Bertz CT molecular complexity index is 1120. The van der Waals surface area contributed by atoms with Crippen LogP contribution in [0.2, 0.25) is 0 Å². The third-order valence-corrected chi connectivity index (χ3v) is 7.47. The van der Waals surface area contributed by atoms with Gasteiger partial charge >= 0.3 is 0 Å². The first-order valence-corrected chi connectivity index (χ1v) is 12.1. The Kier molecular flexibility index (Phi) is 8.35. The average molecular weight is 539 g/mol. The monoisotopic (exact) mass is 538 g/mol. The molecule has 2 aromatic carbocycles. The number of benzene rings is 2. The van der Waals surface area contributed by atoms with Crippen LogP contribution in [0.15, 0.2) is 30.3 Å². The molecular weight excluding hydrogens is 504 g/mol. The number of fused-ring (bicyclic) bond motifs is 1. The van der Waals surface area contributed by atoms with Crippen molar-refractivity contribution in [3.05, 3.63) is 47.0 Å². The molecule has 1 heterocycles. The van der Waals surface area contributed by atoms with E-state index in [2.05, 4.69) is 0 Å². The first kappa shape index (κ1) is 28.3. The standard InChI is InChI=1S/C26H34O12/c1-35-18-7-14-13(5-16(18)30)8-26(34,11-29)15(9-27)21(14)12-3-4-17(19(6-12)36-2)37-25-24(33)23(32)22(31)20(10-28)38-25/h3-7,15,20-25,27-34H,8-11H2,1-2H3/t15-,20+,21+,22-,23-,24+,25-,26+/m1/s1. The molecule has 8 atom stereocenters. The van der Waals surface area contributed by atoms with Crippen LogP contribution in [0.5, 0.6) is 23.0 Å². The van der Waals surface area contributed by atoms with Crippen molar-refractivity contribution in [3.8, 4) is 23.0 Å². The van der Waals surface area contributed by atoms with Gasteiger partial charge in [-0.1, -0.05) is 6.07 Å². The molecule has 0 unspecified atom stereocenters. The zero-order chi connectivity index (χ0) is 27.8. The van der Waals surface area contributed by atoms with Crippen LogP contribution in [0.4, 0.5) is 0 Å². The summed E-state index contributed by atoms with van der Waals surface area (Å²) in [6.07, 6.45) is -7.38. The molecule has 0 radical (unpaired) electrons. The molecule has 0 amide bonds. The maximum Gasteiger partial charge on any atom is 0.229 e. The van der Waals surface area contributed by atoms with Gasteiger partial charge in [-0.2, -0.15) is 0 Å². The molecule has 0 saturated carbocycles. The lowest BCUT2D eigenvalue weighted by Crippen LogP contribution is -2.60. The molecule has 0 bridgehead atoms. The number of methoxy groups -OCH3 is 2. The number of aliphatic hydroxyl groups is 7. The summed E-state index contributed by atoms with van der Waals surface area (Å²) in [4.78, 5) is 0. The van der Waals surface area contributed by atoms with Crippen molar-refractivity contribution in [2.24, 2.45) is 5.92 Å². The maximum atomic E-state index is 11.3. The summed E-state index contributed by atoms with van der Waals surface area (Å²) in [5, 5.41) is 81.8. The highest BCUT2D eigenvalue weighted by atomic mass is 16.7. The number of aliphatic hydroxyl groups excluding tert-OH is 6. The second-order valence-corrected chi connectivity index (χ2v) is 9.65. The number of phenolic OH excluding ortho intramolecular Hbond substituents is 1. The largest absolute Gasteiger partial charge is 0.504 e. The Morgan fingerprint density at radius 2 is 1.61 bits per heavy atom. The van der Waals surface area contributed by atoms with Crippen LogP contribution in [0.1, 0.15) is 22.6 Å². The lowest BCUT2D eigenvalue weighted by molar-refractivity contribution is -0.277. The number of rotatable bonds is 8. The van der Waals surface area contributed by atoms with Crippen molar-refractivity contribution >= 4 is 0 Å². The van der Waals surface area contributed by atoms with E-state index in [1.807, 2.05) is 0 Å². The van der Waals surface area contributed by atoms with Crippen LogP contribution in [-0.2, 0) is 11.2 Å². The SMILES string of the molecule is COc1cc2c(cc1O)C[C@](O)(CO)[C@H](CO)[C@H]2c1ccc(O[C@@H]2O[C@@H](CO)[C@@H](O)[C@@H](O)[C@@H]2O)c(OC)c1. The van der Waals surface area contributed by atoms with E-state index in [-0.39, 0.29) is 29.4 Å². The van der Waals surface area contributed by atoms with E-state index < -0.39 is 68.0 Å². The van der Waals surface area contributed by atoms with E-state index in [9.17, 15) is 40.9 Å². The molecule has 1 saturated heterocycles. The van der Waals surface area contributed by atoms with E-state index >= 15 is 0 Å². The van der Waals surface area contributed by atoms with Gasteiger partial charge in [0.25, 0.3) is 0 Å². The van der Waals surface area contributed by atoms with Crippen molar-refractivity contribution in [1.29, 1.82) is 0 Å². The minimum atomic E-state index is -1.69. The lowest BCUT2D eigenvalue weighted by Gasteiger charge is -2.44. The molecular formula is C26H34O12. The molecule has 210 valence electrons. The topological polar surface area (TPSA) is 199 Å². The first-order valence-electron chi connectivity index (χ1n) is 12.1. The minimum Gasteiger partial charge on any atom is -0.504 e. The molecule has 8 N–H and O–H groups in total. The zero-order valence-corrected chi connectivity index (χ0v) is 21.0. The van der Waals surface area contributed by atoms with Crippen molar-refractivity contribution in [2.75, 3.05) is 34.0 Å². The van der Waals surface area contributed by atoms with Crippen LogP contribution in [0.3, 0.4) is 0 Å². The molecule has 12 heteroatoms. The van der Waals surface area contributed by atoms with Gasteiger partial charge in [0.1, 0.15) is 24.4 Å². The van der Waals surface area contributed by atoms with Crippen molar-refractivity contribution in [2.45, 2.75) is 48.6 Å². The maximum absolute atomic E-state index is 11.3. The third-order valence-electron chi connectivity index (χ3n) is 7.47. The number of aromatic hydroxyl groups is 1. The smallest absolute Gasteiger partial charge is 0.229 e. The predicted octanol–water partition coefficient (Wildman–Crippen LogP) is -1.39. The molecule has 12 nitrogen and oxygen atoms in total. The van der Waals surface area contributed by atoms with Gasteiger partial charge in [-0.3, -0.25) is 0 Å². The Balaban J connectivity index is 1.74. The zero-order valence-electron chi connectivity index (χ0n) is 21.0. The first-order chi connectivity index (χ1) is 18.1. The van der Waals surface area contributed by atoms with Crippen molar-refractivity contribution in [3.63, 3.8) is 0 Å². The lowest BCUT2D eigenvalue weighted by atomic mass is 9.64. The van der Waals surface area contributed by atoms with Gasteiger partial charge in [-0.05, 0) is 41.0 Å². The number of phenols is 1. The molecule has 2 aliphatic rings. The molecule has 0 spiro atoms. The number of hydrogen-bond donors (Lipinski definition) is 8. The van der Waals surface area contributed by atoms with Crippen LogP contribution < -0.4 is 14.2 Å². The predicted molar refractivity (Wildman–Crippen MR) is 130 cm³/mol. The summed E-state index contributed by atoms with van der Waals surface area (Å²) in [6.45, 7) is -1.70. The molecule has 4 rings (SSSR count). The molecule has 1 aliphatic carbocycles. The van der Waals surface area contributed by atoms with E-state index in [1.165, 1.54) is 26.4 Å². The van der Waals surface area contributed by atoms with Gasteiger partial charge in [0, 0.05) is 24.9 Å². The highest BCUT2D eigenvalue weighted by Gasteiger charge is 2.48. The summed E-state index contributed by atoms with van der Waals surface area (Å²) in [6, 6.07) is 7.83. The second kappa shape index (κ2) is 11.2. The summed E-state index contributed by atoms with van der Waals surface area (Å²) in [7, 11) is 2.78. The Labute approximate surface area is 218 Å². The molecule has 1 fully saturated rings.